The minimum absolute atomic E-state index is 0. The maximum Gasteiger partial charge on any atom is 0.307 e. The van der Waals surface area contributed by atoms with Crippen LogP contribution >= 0.6 is 12.4 Å². The Morgan fingerprint density at radius 1 is 1.40 bits per heavy atom. The van der Waals surface area contributed by atoms with Gasteiger partial charge in [0.2, 0.25) is 5.91 Å². The molecule has 7 heteroatoms. The molecule has 1 heterocycles. The number of amides is 1. The first-order valence-corrected chi connectivity index (χ1v) is 6.50. The summed E-state index contributed by atoms with van der Waals surface area (Å²) in [6.45, 7) is 5.70. The van der Waals surface area contributed by atoms with Crippen molar-refractivity contribution in [3.05, 3.63) is 0 Å². The van der Waals surface area contributed by atoms with Crippen molar-refractivity contribution in [3.63, 3.8) is 0 Å². The number of ether oxygens (including phenoxy) is 2. The zero-order valence-electron chi connectivity index (χ0n) is 12.5. The Balaban J connectivity index is 0.00000361. The van der Waals surface area contributed by atoms with Crippen LogP contribution in [0.4, 0.5) is 0 Å². The fourth-order valence-corrected chi connectivity index (χ4v) is 2.13. The average Bonchev–Trinajstić information content (AvgIpc) is 2.26. The molecule has 20 heavy (non-hydrogen) atoms. The smallest absolute Gasteiger partial charge is 0.307 e. The van der Waals surface area contributed by atoms with Gasteiger partial charge in [0, 0.05) is 13.0 Å². The quantitative estimate of drug-likeness (QED) is 0.664. The Morgan fingerprint density at radius 3 is 2.40 bits per heavy atom. The lowest BCUT2D eigenvalue weighted by Gasteiger charge is -2.35. The van der Waals surface area contributed by atoms with Crippen molar-refractivity contribution in [2.75, 3.05) is 33.9 Å². The van der Waals surface area contributed by atoms with Crippen LogP contribution in [0.2, 0.25) is 0 Å². The summed E-state index contributed by atoms with van der Waals surface area (Å²) in [5.41, 5.74) is -0.732. The van der Waals surface area contributed by atoms with Crippen LogP contribution in [-0.4, -0.2) is 51.3 Å². The topological polar surface area (TPSA) is 76.7 Å². The van der Waals surface area contributed by atoms with Gasteiger partial charge in [-0.1, -0.05) is 6.92 Å². The highest BCUT2D eigenvalue weighted by atomic mass is 35.5. The largest absolute Gasteiger partial charge is 0.469 e. The number of carbonyl (C=O) groups excluding carboxylic acids is 2. The number of halogens is 1. The van der Waals surface area contributed by atoms with Gasteiger partial charge in [0.25, 0.3) is 0 Å². The SMILES string of the molecule is COCC(C)(CC(=O)OC)NC(=O)C(C)C1CNC1.Cl. The highest BCUT2D eigenvalue weighted by Gasteiger charge is 2.35. The van der Waals surface area contributed by atoms with Crippen molar-refractivity contribution in [1.82, 2.24) is 10.6 Å². The highest BCUT2D eigenvalue weighted by Crippen LogP contribution is 2.19. The second-order valence-corrected chi connectivity index (χ2v) is 5.44. The van der Waals surface area contributed by atoms with E-state index in [1.165, 1.54) is 7.11 Å². The Hall–Kier alpha value is -0.850. The van der Waals surface area contributed by atoms with Gasteiger partial charge < -0.3 is 20.1 Å². The molecule has 1 amide bonds. The summed E-state index contributed by atoms with van der Waals surface area (Å²) < 4.78 is 9.76. The second kappa shape index (κ2) is 8.44. The Labute approximate surface area is 126 Å². The number of hydrogen-bond acceptors (Lipinski definition) is 5. The lowest BCUT2D eigenvalue weighted by molar-refractivity contribution is -0.143. The molecule has 1 aliphatic rings. The molecule has 2 unspecified atom stereocenters. The van der Waals surface area contributed by atoms with Gasteiger partial charge in [-0.2, -0.15) is 0 Å². The van der Waals surface area contributed by atoms with Crippen molar-refractivity contribution in [2.45, 2.75) is 25.8 Å². The van der Waals surface area contributed by atoms with Gasteiger partial charge in [0.05, 0.1) is 25.7 Å². The molecule has 1 aliphatic heterocycles. The predicted octanol–water partition coefficient (Wildman–Crippen LogP) is 0.348. The van der Waals surface area contributed by atoms with Crippen LogP contribution in [0.1, 0.15) is 20.3 Å². The first-order valence-electron chi connectivity index (χ1n) is 6.50. The maximum atomic E-state index is 12.2. The van der Waals surface area contributed by atoms with Crippen LogP contribution in [0.3, 0.4) is 0 Å². The van der Waals surface area contributed by atoms with Gasteiger partial charge in [0.1, 0.15) is 0 Å². The molecule has 0 saturated carbocycles. The van der Waals surface area contributed by atoms with E-state index in [0.29, 0.717) is 5.92 Å². The van der Waals surface area contributed by atoms with Gasteiger partial charge in [-0.25, -0.2) is 0 Å². The van der Waals surface area contributed by atoms with E-state index in [1.807, 2.05) is 6.92 Å². The minimum atomic E-state index is -0.732. The van der Waals surface area contributed by atoms with E-state index in [2.05, 4.69) is 15.4 Å². The Bertz CT molecular complexity index is 336. The summed E-state index contributed by atoms with van der Waals surface area (Å²) in [6.07, 6.45) is 0.0959. The number of carbonyl (C=O) groups is 2. The molecule has 0 bridgehead atoms. The first kappa shape index (κ1) is 19.1. The van der Waals surface area contributed by atoms with E-state index in [1.54, 1.807) is 14.0 Å². The Kier molecular flexibility index (Phi) is 8.08. The number of rotatable bonds is 7. The van der Waals surface area contributed by atoms with E-state index in [9.17, 15) is 9.59 Å². The molecule has 2 N–H and O–H groups in total. The number of hydrogen-bond donors (Lipinski definition) is 2. The van der Waals surface area contributed by atoms with Gasteiger partial charge in [0.15, 0.2) is 0 Å². The number of nitrogens with one attached hydrogen (secondary N) is 2. The van der Waals surface area contributed by atoms with E-state index < -0.39 is 5.54 Å². The average molecular weight is 309 g/mol. The van der Waals surface area contributed by atoms with Crippen LogP contribution in [0, 0.1) is 11.8 Å². The summed E-state index contributed by atoms with van der Waals surface area (Å²) in [4.78, 5) is 23.6. The molecule has 0 aromatic rings. The molecule has 1 rings (SSSR count). The molecule has 118 valence electrons. The highest BCUT2D eigenvalue weighted by molar-refractivity contribution is 5.85. The van der Waals surface area contributed by atoms with E-state index in [4.69, 9.17) is 4.74 Å². The third-order valence-corrected chi connectivity index (χ3v) is 3.58. The molecule has 0 aromatic carbocycles. The maximum absolute atomic E-state index is 12.2. The van der Waals surface area contributed by atoms with Crippen molar-refractivity contribution in [1.29, 1.82) is 0 Å². The lowest BCUT2D eigenvalue weighted by Crippen LogP contribution is -2.56. The summed E-state index contributed by atoms with van der Waals surface area (Å²) in [6, 6.07) is 0. The second-order valence-electron chi connectivity index (χ2n) is 5.44. The summed E-state index contributed by atoms with van der Waals surface area (Å²) in [5, 5.41) is 6.06. The minimum Gasteiger partial charge on any atom is -0.469 e. The lowest BCUT2D eigenvalue weighted by atomic mass is 9.87. The fourth-order valence-electron chi connectivity index (χ4n) is 2.13. The van der Waals surface area contributed by atoms with Crippen molar-refractivity contribution in [3.8, 4) is 0 Å². The first-order chi connectivity index (χ1) is 8.91. The van der Waals surface area contributed by atoms with Gasteiger partial charge in [-0.05, 0) is 25.9 Å². The molecule has 0 aliphatic carbocycles. The van der Waals surface area contributed by atoms with Crippen LogP contribution in [0.5, 0.6) is 0 Å². The van der Waals surface area contributed by atoms with Crippen LogP contribution < -0.4 is 10.6 Å². The summed E-state index contributed by atoms with van der Waals surface area (Å²) in [5.74, 6) is -0.118. The van der Waals surface area contributed by atoms with Crippen molar-refractivity contribution < 1.29 is 19.1 Å². The van der Waals surface area contributed by atoms with Gasteiger partial charge in [-0.15, -0.1) is 12.4 Å². The zero-order chi connectivity index (χ0) is 14.5. The van der Waals surface area contributed by atoms with E-state index >= 15 is 0 Å². The molecule has 1 fully saturated rings. The third kappa shape index (κ3) is 5.26. The molecule has 0 spiro atoms. The summed E-state index contributed by atoms with van der Waals surface area (Å²) >= 11 is 0. The molecular formula is C13H25ClN2O4. The molecule has 2 atom stereocenters. The standard InChI is InChI=1S/C13H24N2O4.ClH/c1-9(10-6-14-7-10)12(17)15-13(2,8-18-3)5-11(16)19-4;/h9-10,14H,5-8H2,1-4H3,(H,15,17);1H. The number of esters is 1. The molecule has 0 radical (unpaired) electrons. The summed E-state index contributed by atoms with van der Waals surface area (Å²) in [7, 11) is 2.88. The normalized spacial score (nSPS) is 19.0. The van der Waals surface area contributed by atoms with Crippen LogP contribution in [-0.2, 0) is 19.1 Å². The fraction of sp³-hybridized carbons (Fsp3) is 0.846. The zero-order valence-corrected chi connectivity index (χ0v) is 13.3. The van der Waals surface area contributed by atoms with Crippen molar-refractivity contribution in [2.24, 2.45) is 11.8 Å². The molecule has 0 aromatic heterocycles. The van der Waals surface area contributed by atoms with Crippen molar-refractivity contribution >= 4 is 24.3 Å². The predicted molar refractivity (Wildman–Crippen MR) is 77.8 cm³/mol. The number of methoxy groups -OCH3 is 2. The molecule has 6 nitrogen and oxygen atoms in total. The third-order valence-electron chi connectivity index (χ3n) is 3.58. The van der Waals surface area contributed by atoms with Gasteiger partial charge in [-0.3, -0.25) is 9.59 Å². The van der Waals surface area contributed by atoms with E-state index in [-0.39, 0.29) is 43.2 Å². The Morgan fingerprint density at radius 2 is 2.00 bits per heavy atom. The van der Waals surface area contributed by atoms with Gasteiger partial charge >= 0.3 is 5.97 Å². The van der Waals surface area contributed by atoms with Crippen LogP contribution in [0.15, 0.2) is 0 Å². The molecule has 1 saturated heterocycles. The van der Waals surface area contributed by atoms with E-state index in [0.717, 1.165) is 13.1 Å². The monoisotopic (exact) mass is 308 g/mol. The van der Waals surface area contributed by atoms with Crippen LogP contribution in [0.25, 0.3) is 0 Å². The molecular weight excluding hydrogens is 284 g/mol.